The Kier molecular flexibility index (Phi) is 11.9. The van der Waals surface area contributed by atoms with Gasteiger partial charge in [0.25, 0.3) is 0 Å². The Bertz CT molecular complexity index is 1120. The molecule has 8 nitrogen and oxygen atoms in total. The summed E-state index contributed by atoms with van der Waals surface area (Å²) in [5.41, 5.74) is 1.29. The molecule has 5 atom stereocenters. The molecule has 0 aliphatic carbocycles. The number of ether oxygens (including phenoxy) is 5. The van der Waals surface area contributed by atoms with Crippen LogP contribution in [-0.4, -0.2) is 64.7 Å². The lowest BCUT2D eigenvalue weighted by atomic mass is 9.98. The zero-order valence-corrected chi connectivity index (χ0v) is 26.0. The van der Waals surface area contributed by atoms with Gasteiger partial charge in [-0.1, -0.05) is 75.4 Å². The molecule has 2 aromatic carbocycles. The van der Waals surface area contributed by atoms with Crippen LogP contribution in [0, 0.1) is 0 Å². The standard InChI is InChI=1S/C32H44O8Si/c1-8-9-16-21-36-31-28(38-29(33)24-19-14-11-15-20-24)25(37-22-23-17-12-10-13-18-23)26(27(39-31)30(34)35-5)40-41(6,7)32(2,3)4/h8,10-15,17-20,25-28,31H,1,9,16,21-22H2,2-7H3/t25-,26-,27-,28+,31+/m0/s1. The number of hydrogen-bond donors (Lipinski definition) is 0. The number of esters is 2. The van der Waals surface area contributed by atoms with Crippen LogP contribution in [0.2, 0.25) is 18.1 Å². The average Bonchev–Trinajstić information content (AvgIpc) is 2.95. The minimum atomic E-state index is -2.49. The molecular weight excluding hydrogens is 540 g/mol. The van der Waals surface area contributed by atoms with Gasteiger partial charge in [0.05, 0.1) is 25.9 Å². The molecule has 0 saturated carbocycles. The van der Waals surface area contributed by atoms with E-state index in [1.165, 1.54) is 7.11 Å². The quantitative estimate of drug-likeness (QED) is 0.121. The van der Waals surface area contributed by atoms with Crippen LogP contribution >= 0.6 is 0 Å². The van der Waals surface area contributed by atoms with E-state index in [1.807, 2.05) is 36.4 Å². The molecule has 1 fully saturated rings. The van der Waals surface area contributed by atoms with Crippen molar-refractivity contribution >= 4 is 20.3 Å². The van der Waals surface area contributed by atoms with Crippen LogP contribution in [0.5, 0.6) is 0 Å². The topological polar surface area (TPSA) is 89.5 Å². The van der Waals surface area contributed by atoms with Gasteiger partial charge >= 0.3 is 11.9 Å². The van der Waals surface area contributed by atoms with E-state index in [1.54, 1.807) is 30.3 Å². The molecule has 41 heavy (non-hydrogen) atoms. The van der Waals surface area contributed by atoms with Crippen LogP contribution in [0.3, 0.4) is 0 Å². The van der Waals surface area contributed by atoms with Crippen molar-refractivity contribution in [2.45, 2.75) is 89.1 Å². The Balaban J connectivity index is 2.06. The van der Waals surface area contributed by atoms with Crippen molar-refractivity contribution in [3.63, 3.8) is 0 Å². The number of methoxy groups -OCH3 is 1. The summed E-state index contributed by atoms with van der Waals surface area (Å²) in [7, 11) is -1.19. The van der Waals surface area contributed by atoms with E-state index in [0.717, 1.165) is 12.0 Å². The van der Waals surface area contributed by atoms with Gasteiger partial charge in [0.2, 0.25) is 0 Å². The van der Waals surface area contributed by atoms with Crippen molar-refractivity contribution in [2.24, 2.45) is 0 Å². The summed E-state index contributed by atoms with van der Waals surface area (Å²) in [4.78, 5) is 26.5. The summed E-state index contributed by atoms with van der Waals surface area (Å²) in [6, 6.07) is 18.3. The minimum absolute atomic E-state index is 0.189. The highest BCUT2D eigenvalue weighted by Crippen LogP contribution is 2.41. The summed E-state index contributed by atoms with van der Waals surface area (Å²) in [5, 5.41) is -0.189. The van der Waals surface area contributed by atoms with Crippen LogP contribution in [0.1, 0.15) is 49.5 Å². The molecule has 2 aromatic rings. The normalized spacial score (nSPS) is 23.0. The third kappa shape index (κ3) is 8.83. The minimum Gasteiger partial charge on any atom is -0.467 e. The van der Waals surface area contributed by atoms with Gasteiger partial charge in [-0.15, -0.1) is 6.58 Å². The molecule has 0 spiro atoms. The van der Waals surface area contributed by atoms with Crippen molar-refractivity contribution < 1.29 is 37.7 Å². The summed E-state index contributed by atoms with van der Waals surface area (Å²) < 4.78 is 36.9. The number of allylic oxidation sites excluding steroid dienone is 1. The lowest BCUT2D eigenvalue weighted by molar-refractivity contribution is -0.299. The van der Waals surface area contributed by atoms with E-state index in [-0.39, 0.29) is 11.6 Å². The van der Waals surface area contributed by atoms with Gasteiger partial charge in [-0.05, 0) is 48.7 Å². The number of carbonyl (C=O) groups is 2. The van der Waals surface area contributed by atoms with Gasteiger partial charge in [0.1, 0.15) is 12.2 Å². The van der Waals surface area contributed by atoms with Crippen LogP contribution in [0.15, 0.2) is 73.3 Å². The second-order valence-electron chi connectivity index (χ2n) is 11.6. The number of benzene rings is 2. The van der Waals surface area contributed by atoms with E-state index < -0.39 is 51.0 Å². The molecule has 0 amide bonds. The van der Waals surface area contributed by atoms with Crippen molar-refractivity contribution in [3.05, 3.63) is 84.4 Å². The van der Waals surface area contributed by atoms with Gasteiger partial charge in [-0.2, -0.15) is 0 Å². The number of carbonyl (C=O) groups excluding carboxylic acids is 2. The molecule has 0 unspecified atom stereocenters. The average molecular weight is 585 g/mol. The van der Waals surface area contributed by atoms with Crippen molar-refractivity contribution in [3.8, 4) is 0 Å². The molecule has 3 rings (SSSR count). The van der Waals surface area contributed by atoms with Gasteiger partial charge < -0.3 is 28.1 Å². The molecule has 0 bridgehead atoms. The smallest absolute Gasteiger partial charge is 0.338 e. The van der Waals surface area contributed by atoms with E-state index in [4.69, 9.17) is 28.1 Å². The van der Waals surface area contributed by atoms with E-state index in [0.29, 0.717) is 18.6 Å². The molecule has 9 heteroatoms. The fraction of sp³-hybridized carbons (Fsp3) is 0.500. The molecule has 0 radical (unpaired) electrons. The summed E-state index contributed by atoms with van der Waals surface area (Å²) in [5.74, 6) is -1.18. The van der Waals surface area contributed by atoms with Gasteiger partial charge in [-0.25, -0.2) is 9.59 Å². The Hall–Kier alpha value is -2.82. The lowest BCUT2D eigenvalue weighted by Crippen LogP contribution is -2.65. The summed E-state index contributed by atoms with van der Waals surface area (Å²) in [6.07, 6.45) is -1.93. The van der Waals surface area contributed by atoms with Gasteiger partial charge in [0.15, 0.2) is 26.8 Å². The summed E-state index contributed by atoms with van der Waals surface area (Å²) >= 11 is 0. The summed E-state index contributed by atoms with van der Waals surface area (Å²) in [6.45, 7) is 14.7. The highest BCUT2D eigenvalue weighted by atomic mass is 28.4. The first kappa shape index (κ1) is 32.7. The lowest BCUT2D eigenvalue weighted by Gasteiger charge is -2.48. The molecule has 224 valence electrons. The molecule has 1 saturated heterocycles. The van der Waals surface area contributed by atoms with Crippen LogP contribution in [0.25, 0.3) is 0 Å². The highest BCUT2D eigenvalue weighted by Gasteiger charge is 2.55. The maximum Gasteiger partial charge on any atom is 0.338 e. The van der Waals surface area contributed by atoms with Crippen molar-refractivity contribution in [1.29, 1.82) is 0 Å². The van der Waals surface area contributed by atoms with E-state index in [2.05, 4.69) is 40.4 Å². The molecular formula is C32H44O8Si. The predicted octanol–water partition coefficient (Wildman–Crippen LogP) is 6.07. The third-order valence-electron chi connectivity index (χ3n) is 7.54. The van der Waals surface area contributed by atoms with Gasteiger partial charge in [0, 0.05) is 0 Å². The molecule has 1 aliphatic heterocycles. The first-order chi connectivity index (χ1) is 19.5. The molecule has 1 aliphatic rings. The first-order valence-corrected chi connectivity index (χ1v) is 16.9. The fourth-order valence-corrected chi connectivity index (χ4v) is 5.46. The largest absolute Gasteiger partial charge is 0.467 e. The highest BCUT2D eigenvalue weighted by molar-refractivity contribution is 6.74. The SMILES string of the molecule is C=CCCCO[C@@H]1O[C@H](C(=O)OC)[C@@H](O[Si](C)(C)C(C)(C)C)[C@H](OCc2ccccc2)[C@H]1OC(=O)c1ccccc1. The van der Waals surface area contributed by atoms with Crippen LogP contribution in [0.4, 0.5) is 0 Å². The van der Waals surface area contributed by atoms with Crippen molar-refractivity contribution in [2.75, 3.05) is 13.7 Å². The fourth-order valence-electron chi connectivity index (χ4n) is 4.17. The van der Waals surface area contributed by atoms with Crippen LogP contribution in [-0.2, 0) is 39.5 Å². The zero-order valence-electron chi connectivity index (χ0n) is 25.0. The second kappa shape index (κ2) is 14.9. The number of unbranched alkanes of at least 4 members (excludes halogenated alkanes) is 1. The van der Waals surface area contributed by atoms with Crippen molar-refractivity contribution in [1.82, 2.24) is 0 Å². The van der Waals surface area contributed by atoms with E-state index in [9.17, 15) is 9.59 Å². The maximum absolute atomic E-state index is 13.4. The third-order valence-corrected chi connectivity index (χ3v) is 12.0. The number of rotatable bonds is 13. The van der Waals surface area contributed by atoms with Gasteiger partial charge in [-0.3, -0.25) is 0 Å². The molecule has 1 heterocycles. The molecule has 0 N–H and O–H groups in total. The second-order valence-corrected chi connectivity index (χ2v) is 16.3. The molecule has 0 aromatic heterocycles. The van der Waals surface area contributed by atoms with E-state index >= 15 is 0 Å². The Morgan fingerprint density at radius 2 is 1.59 bits per heavy atom. The Labute approximate surface area is 245 Å². The maximum atomic E-state index is 13.4. The zero-order chi connectivity index (χ0) is 30.0. The predicted molar refractivity (Wildman–Crippen MR) is 159 cm³/mol. The number of hydrogen-bond acceptors (Lipinski definition) is 8. The Morgan fingerprint density at radius 3 is 2.17 bits per heavy atom. The monoisotopic (exact) mass is 584 g/mol. The first-order valence-electron chi connectivity index (χ1n) is 14.0. The Morgan fingerprint density at radius 1 is 0.951 bits per heavy atom. The van der Waals surface area contributed by atoms with Crippen LogP contribution < -0.4 is 0 Å².